The molecule has 0 saturated carbocycles. The van der Waals surface area contributed by atoms with Crippen LogP contribution in [0.25, 0.3) is 10.9 Å². The van der Waals surface area contributed by atoms with Crippen molar-refractivity contribution in [1.29, 1.82) is 0 Å². The number of aromatic amines is 1. The van der Waals surface area contributed by atoms with Gasteiger partial charge in [0.05, 0.1) is 6.54 Å². The van der Waals surface area contributed by atoms with Crippen LogP contribution < -0.4 is 5.32 Å². The van der Waals surface area contributed by atoms with Gasteiger partial charge in [0.2, 0.25) is 0 Å². The van der Waals surface area contributed by atoms with Crippen molar-refractivity contribution in [2.75, 3.05) is 13.1 Å². The third kappa shape index (κ3) is 4.20. The molecular weight excluding hydrogens is 288 g/mol. The number of hydrogen-bond donors (Lipinski definition) is 2. The van der Waals surface area contributed by atoms with Crippen LogP contribution >= 0.6 is 0 Å². The van der Waals surface area contributed by atoms with E-state index in [1.165, 1.54) is 10.9 Å². The fourth-order valence-electron chi connectivity index (χ4n) is 2.54. The molecule has 0 atom stereocenters. The van der Waals surface area contributed by atoms with Crippen molar-refractivity contribution in [2.45, 2.75) is 13.0 Å². The molecule has 0 aliphatic rings. The fraction of sp³-hybridized carbons (Fsp3) is 0.211. The Balaban J connectivity index is 1.39. The lowest BCUT2D eigenvalue weighted by Crippen LogP contribution is -2.26. The van der Waals surface area contributed by atoms with E-state index in [0.717, 1.165) is 24.0 Å². The topological polar surface area (TPSA) is 54.1 Å². The van der Waals surface area contributed by atoms with Crippen molar-refractivity contribution in [3.05, 3.63) is 71.9 Å². The zero-order valence-electron chi connectivity index (χ0n) is 12.9. The minimum Gasteiger partial charge on any atom is -0.460 e. The van der Waals surface area contributed by atoms with Crippen LogP contribution in [0.3, 0.4) is 0 Å². The van der Waals surface area contributed by atoms with Gasteiger partial charge in [-0.15, -0.1) is 0 Å². The van der Waals surface area contributed by atoms with Crippen LogP contribution in [0.15, 0.2) is 60.8 Å². The van der Waals surface area contributed by atoms with Crippen molar-refractivity contribution in [3.8, 4) is 0 Å². The smallest absolute Gasteiger partial charge is 0.320 e. The number of esters is 1. The van der Waals surface area contributed by atoms with Gasteiger partial charge in [-0.1, -0.05) is 48.5 Å². The summed E-state index contributed by atoms with van der Waals surface area (Å²) in [6.45, 7) is 1.29. The molecule has 3 aromatic rings. The first kappa shape index (κ1) is 15.3. The molecule has 3 rings (SSSR count). The second kappa shape index (κ2) is 7.61. The van der Waals surface area contributed by atoms with Crippen molar-refractivity contribution >= 4 is 16.9 Å². The molecule has 0 bridgehead atoms. The van der Waals surface area contributed by atoms with E-state index in [4.69, 9.17) is 4.74 Å². The van der Waals surface area contributed by atoms with Gasteiger partial charge < -0.3 is 15.0 Å². The van der Waals surface area contributed by atoms with E-state index in [1.807, 2.05) is 48.7 Å². The number of rotatable bonds is 7. The maximum absolute atomic E-state index is 11.7. The zero-order valence-corrected chi connectivity index (χ0v) is 12.9. The molecule has 4 heteroatoms. The number of hydrogen-bond acceptors (Lipinski definition) is 3. The van der Waals surface area contributed by atoms with Gasteiger partial charge >= 0.3 is 5.97 Å². The third-order valence-corrected chi connectivity index (χ3v) is 3.76. The van der Waals surface area contributed by atoms with Crippen molar-refractivity contribution < 1.29 is 9.53 Å². The Morgan fingerprint density at radius 2 is 1.83 bits per heavy atom. The van der Waals surface area contributed by atoms with E-state index in [0.29, 0.717) is 6.61 Å². The van der Waals surface area contributed by atoms with Gasteiger partial charge in [0.1, 0.15) is 6.61 Å². The second-order valence-corrected chi connectivity index (χ2v) is 5.43. The molecule has 118 valence electrons. The van der Waals surface area contributed by atoms with Crippen LogP contribution in [0.5, 0.6) is 0 Å². The van der Waals surface area contributed by atoms with Gasteiger partial charge in [0.25, 0.3) is 0 Å². The quantitative estimate of drug-likeness (QED) is 0.521. The SMILES string of the molecule is O=C(CNCCc1c[nH]c2ccccc12)OCc1ccccc1. The van der Waals surface area contributed by atoms with E-state index in [-0.39, 0.29) is 12.5 Å². The molecule has 0 aliphatic heterocycles. The maximum atomic E-state index is 11.7. The monoisotopic (exact) mass is 308 g/mol. The summed E-state index contributed by atoms with van der Waals surface area (Å²) in [6, 6.07) is 17.9. The number of benzene rings is 2. The predicted molar refractivity (Wildman–Crippen MR) is 91.1 cm³/mol. The van der Waals surface area contributed by atoms with Crippen molar-refractivity contribution in [2.24, 2.45) is 0 Å². The van der Waals surface area contributed by atoms with Gasteiger partial charge in [0.15, 0.2) is 0 Å². The van der Waals surface area contributed by atoms with Gasteiger partial charge in [0, 0.05) is 17.1 Å². The summed E-state index contributed by atoms with van der Waals surface area (Å²) in [7, 11) is 0. The summed E-state index contributed by atoms with van der Waals surface area (Å²) >= 11 is 0. The molecule has 0 aliphatic carbocycles. The lowest BCUT2D eigenvalue weighted by Gasteiger charge is -2.06. The highest BCUT2D eigenvalue weighted by atomic mass is 16.5. The number of H-pyrrole nitrogens is 1. The van der Waals surface area contributed by atoms with Gasteiger partial charge in [-0.05, 0) is 30.2 Å². The molecule has 0 amide bonds. The molecule has 0 spiro atoms. The third-order valence-electron chi connectivity index (χ3n) is 3.76. The first-order chi connectivity index (χ1) is 11.3. The van der Waals surface area contributed by atoms with Crippen LogP contribution in [0.1, 0.15) is 11.1 Å². The second-order valence-electron chi connectivity index (χ2n) is 5.43. The van der Waals surface area contributed by atoms with Gasteiger partial charge in [-0.25, -0.2) is 0 Å². The Labute approximate surface area is 135 Å². The van der Waals surface area contributed by atoms with Gasteiger partial charge in [-0.2, -0.15) is 0 Å². The Bertz CT molecular complexity index is 765. The number of aromatic nitrogens is 1. The summed E-state index contributed by atoms with van der Waals surface area (Å²) in [5.74, 6) is -0.229. The molecule has 0 radical (unpaired) electrons. The first-order valence-corrected chi connectivity index (χ1v) is 7.78. The molecule has 2 N–H and O–H groups in total. The standard InChI is InChI=1S/C19H20N2O2/c22-19(23-14-15-6-2-1-3-7-15)13-20-11-10-16-12-21-18-9-5-4-8-17(16)18/h1-9,12,20-21H,10-11,13-14H2. The summed E-state index contributed by atoms with van der Waals surface area (Å²) in [4.78, 5) is 15.0. The van der Waals surface area contributed by atoms with E-state index >= 15 is 0 Å². The number of carbonyl (C=O) groups excluding carboxylic acids is 1. The Morgan fingerprint density at radius 1 is 1.04 bits per heavy atom. The first-order valence-electron chi connectivity index (χ1n) is 7.78. The predicted octanol–water partition coefficient (Wildman–Crippen LogP) is 3.04. The van der Waals surface area contributed by atoms with E-state index in [1.54, 1.807) is 0 Å². The highest BCUT2D eigenvalue weighted by Crippen LogP contribution is 2.17. The van der Waals surface area contributed by atoms with Crippen LogP contribution in [0.4, 0.5) is 0 Å². The van der Waals surface area contributed by atoms with Crippen LogP contribution in [0.2, 0.25) is 0 Å². The molecule has 1 aromatic heterocycles. The average molecular weight is 308 g/mol. The number of para-hydroxylation sites is 1. The number of nitrogens with one attached hydrogen (secondary N) is 2. The Kier molecular flexibility index (Phi) is 5.06. The Morgan fingerprint density at radius 3 is 2.70 bits per heavy atom. The largest absolute Gasteiger partial charge is 0.460 e. The van der Waals surface area contributed by atoms with Crippen molar-refractivity contribution in [1.82, 2.24) is 10.3 Å². The lowest BCUT2D eigenvalue weighted by molar-refractivity contribution is -0.143. The summed E-state index contributed by atoms with van der Waals surface area (Å²) < 4.78 is 5.23. The minimum absolute atomic E-state index is 0.229. The summed E-state index contributed by atoms with van der Waals surface area (Å²) in [5.41, 5.74) is 3.40. The molecule has 0 saturated heterocycles. The van der Waals surface area contributed by atoms with Gasteiger partial charge in [-0.3, -0.25) is 4.79 Å². The van der Waals surface area contributed by atoms with E-state index < -0.39 is 0 Å². The van der Waals surface area contributed by atoms with Crippen LogP contribution in [-0.4, -0.2) is 24.0 Å². The molecule has 0 unspecified atom stereocenters. The molecule has 0 fully saturated rings. The summed E-state index contributed by atoms with van der Waals surface area (Å²) in [6.07, 6.45) is 2.90. The average Bonchev–Trinajstić information content (AvgIpc) is 3.01. The normalized spacial score (nSPS) is 10.8. The zero-order chi connectivity index (χ0) is 15.9. The minimum atomic E-state index is -0.229. The molecule has 23 heavy (non-hydrogen) atoms. The van der Waals surface area contributed by atoms with Crippen LogP contribution in [0, 0.1) is 0 Å². The molecule has 4 nitrogen and oxygen atoms in total. The summed E-state index contributed by atoms with van der Waals surface area (Å²) in [5, 5.41) is 4.37. The molecular formula is C19H20N2O2. The fourth-order valence-corrected chi connectivity index (χ4v) is 2.54. The molecule has 1 heterocycles. The van der Waals surface area contributed by atoms with E-state index in [2.05, 4.69) is 22.4 Å². The highest BCUT2D eigenvalue weighted by molar-refractivity contribution is 5.83. The highest BCUT2D eigenvalue weighted by Gasteiger charge is 2.05. The number of ether oxygens (including phenoxy) is 1. The Hall–Kier alpha value is -2.59. The maximum Gasteiger partial charge on any atom is 0.320 e. The molecule has 2 aromatic carbocycles. The van der Waals surface area contributed by atoms with Crippen LogP contribution in [-0.2, 0) is 22.6 Å². The van der Waals surface area contributed by atoms with Crippen molar-refractivity contribution in [3.63, 3.8) is 0 Å². The van der Waals surface area contributed by atoms with E-state index in [9.17, 15) is 4.79 Å². The number of carbonyl (C=O) groups is 1. The lowest BCUT2D eigenvalue weighted by atomic mass is 10.1. The number of fused-ring (bicyclic) bond motifs is 1.